The molecule has 0 saturated carbocycles. The van der Waals surface area contributed by atoms with E-state index in [2.05, 4.69) is 11.6 Å². The highest BCUT2D eigenvalue weighted by molar-refractivity contribution is 7.98. The van der Waals surface area contributed by atoms with E-state index in [0.717, 1.165) is 12.2 Å². The SMILES string of the molecule is CSCCC(C)NC(=O)N1CCN(CC(=O)O)CC1. The van der Waals surface area contributed by atoms with Crippen molar-refractivity contribution in [3.05, 3.63) is 0 Å². The van der Waals surface area contributed by atoms with Crippen molar-refractivity contribution in [2.75, 3.05) is 44.7 Å². The molecule has 2 amide bonds. The molecule has 0 aromatic rings. The van der Waals surface area contributed by atoms with E-state index in [-0.39, 0.29) is 18.6 Å². The van der Waals surface area contributed by atoms with E-state index < -0.39 is 5.97 Å². The Morgan fingerprint density at radius 1 is 1.32 bits per heavy atom. The van der Waals surface area contributed by atoms with Crippen molar-refractivity contribution in [1.82, 2.24) is 15.1 Å². The molecular formula is C12H23N3O3S. The molecule has 0 aliphatic carbocycles. The normalized spacial score (nSPS) is 18.1. The fraction of sp³-hybridized carbons (Fsp3) is 0.833. The second-order valence-corrected chi connectivity index (χ2v) is 5.77. The zero-order valence-corrected chi connectivity index (χ0v) is 12.4. The van der Waals surface area contributed by atoms with Crippen LogP contribution in [0.25, 0.3) is 0 Å². The number of aliphatic carboxylic acids is 1. The van der Waals surface area contributed by atoms with Gasteiger partial charge in [0.05, 0.1) is 6.54 Å². The first-order valence-electron chi connectivity index (χ1n) is 6.51. The lowest BCUT2D eigenvalue weighted by molar-refractivity contribution is -0.138. The monoisotopic (exact) mass is 289 g/mol. The molecule has 6 nitrogen and oxygen atoms in total. The van der Waals surface area contributed by atoms with Crippen molar-refractivity contribution in [1.29, 1.82) is 0 Å². The molecular weight excluding hydrogens is 266 g/mol. The Hall–Kier alpha value is -0.950. The summed E-state index contributed by atoms with van der Waals surface area (Å²) in [6.07, 6.45) is 3.02. The summed E-state index contributed by atoms with van der Waals surface area (Å²) in [5, 5.41) is 11.7. The Labute approximate surface area is 118 Å². The summed E-state index contributed by atoms with van der Waals surface area (Å²) in [5.41, 5.74) is 0. The van der Waals surface area contributed by atoms with Gasteiger partial charge >= 0.3 is 12.0 Å². The third kappa shape index (κ3) is 6.15. The zero-order valence-electron chi connectivity index (χ0n) is 11.6. The molecule has 0 radical (unpaired) electrons. The molecule has 110 valence electrons. The van der Waals surface area contributed by atoms with Crippen LogP contribution in [0, 0.1) is 0 Å². The highest BCUT2D eigenvalue weighted by Gasteiger charge is 2.22. The summed E-state index contributed by atoms with van der Waals surface area (Å²) in [6.45, 7) is 4.49. The van der Waals surface area contributed by atoms with Crippen LogP contribution in [-0.2, 0) is 4.79 Å². The Morgan fingerprint density at radius 2 is 1.95 bits per heavy atom. The third-order valence-corrected chi connectivity index (χ3v) is 3.79. The van der Waals surface area contributed by atoms with Gasteiger partial charge in [-0.2, -0.15) is 11.8 Å². The Bertz CT molecular complexity index is 307. The Kier molecular flexibility index (Phi) is 7.01. The molecule has 1 fully saturated rings. The second-order valence-electron chi connectivity index (χ2n) is 4.79. The van der Waals surface area contributed by atoms with E-state index in [4.69, 9.17) is 5.11 Å². The summed E-state index contributed by atoms with van der Waals surface area (Å²) in [7, 11) is 0. The van der Waals surface area contributed by atoms with Gasteiger partial charge in [0.25, 0.3) is 0 Å². The van der Waals surface area contributed by atoms with Crippen LogP contribution in [0.2, 0.25) is 0 Å². The molecule has 1 saturated heterocycles. The number of carboxylic acids is 1. The molecule has 1 aliphatic heterocycles. The zero-order chi connectivity index (χ0) is 14.3. The number of nitrogens with zero attached hydrogens (tertiary/aromatic N) is 2. The fourth-order valence-electron chi connectivity index (χ4n) is 1.97. The number of carbonyl (C=O) groups excluding carboxylic acids is 1. The van der Waals surface area contributed by atoms with Gasteiger partial charge in [-0.05, 0) is 25.4 Å². The molecule has 0 spiro atoms. The molecule has 1 unspecified atom stereocenters. The molecule has 19 heavy (non-hydrogen) atoms. The van der Waals surface area contributed by atoms with E-state index in [9.17, 15) is 9.59 Å². The minimum atomic E-state index is -0.816. The number of piperazine rings is 1. The van der Waals surface area contributed by atoms with Gasteiger partial charge in [0.1, 0.15) is 0 Å². The predicted octanol–water partition coefficient (Wildman–Crippen LogP) is 0.540. The average molecular weight is 289 g/mol. The Balaban J connectivity index is 2.26. The molecule has 1 rings (SSSR count). The van der Waals surface area contributed by atoms with Crippen molar-refractivity contribution >= 4 is 23.8 Å². The van der Waals surface area contributed by atoms with E-state index in [1.165, 1.54) is 0 Å². The number of hydrogen-bond donors (Lipinski definition) is 2. The Morgan fingerprint density at radius 3 is 2.47 bits per heavy atom. The topological polar surface area (TPSA) is 72.9 Å². The quantitative estimate of drug-likeness (QED) is 0.746. The van der Waals surface area contributed by atoms with Crippen molar-refractivity contribution < 1.29 is 14.7 Å². The van der Waals surface area contributed by atoms with E-state index in [1.807, 2.05) is 11.8 Å². The lowest BCUT2D eigenvalue weighted by Gasteiger charge is -2.34. The minimum absolute atomic E-state index is 0.0384. The van der Waals surface area contributed by atoms with Crippen molar-refractivity contribution in [2.45, 2.75) is 19.4 Å². The minimum Gasteiger partial charge on any atom is -0.480 e. The maximum atomic E-state index is 12.0. The standard InChI is InChI=1S/C12H23N3O3S/c1-10(3-8-19-2)13-12(18)15-6-4-14(5-7-15)9-11(16)17/h10H,3-9H2,1-2H3,(H,13,18)(H,16,17). The molecule has 2 N–H and O–H groups in total. The first kappa shape index (κ1) is 16.1. The number of carbonyl (C=O) groups is 2. The number of amides is 2. The predicted molar refractivity (Wildman–Crippen MR) is 76.6 cm³/mol. The van der Waals surface area contributed by atoms with Crippen LogP contribution >= 0.6 is 11.8 Å². The van der Waals surface area contributed by atoms with Gasteiger partial charge in [-0.1, -0.05) is 0 Å². The van der Waals surface area contributed by atoms with Crippen LogP contribution in [0.5, 0.6) is 0 Å². The van der Waals surface area contributed by atoms with E-state index in [1.54, 1.807) is 16.7 Å². The summed E-state index contributed by atoms with van der Waals surface area (Å²) >= 11 is 1.77. The molecule has 1 heterocycles. The highest BCUT2D eigenvalue weighted by Crippen LogP contribution is 2.04. The lowest BCUT2D eigenvalue weighted by atomic mass is 10.2. The molecule has 7 heteroatoms. The largest absolute Gasteiger partial charge is 0.480 e. The smallest absolute Gasteiger partial charge is 0.317 e. The van der Waals surface area contributed by atoms with Crippen LogP contribution in [0.4, 0.5) is 4.79 Å². The van der Waals surface area contributed by atoms with Gasteiger partial charge in [-0.25, -0.2) is 4.79 Å². The number of thioether (sulfide) groups is 1. The van der Waals surface area contributed by atoms with Crippen LogP contribution in [0.15, 0.2) is 0 Å². The number of urea groups is 1. The van der Waals surface area contributed by atoms with Crippen molar-refractivity contribution in [3.8, 4) is 0 Å². The highest BCUT2D eigenvalue weighted by atomic mass is 32.2. The van der Waals surface area contributed by atoms with Crippen LogP contribution in [0.1, 0.15) is 13.3 Å². The summed E-state index contributed by atoms with van der Waals surface area (Å²) in [5.74, 6) is 0.219. The lowest BCUT2D eigenvalue weighted by Crippen LogP contribution is -2.53. The summed E-state index contributed by atoms with van der Waals surface area (Å²) in [6, 6.07) is 0.139. The van der Waals surface area contributed by atoms with Crippen molar-refractivity contribution in [3.63, 3.8) is 0 Å². The molecule has 0 bridgehead atoms. The van der Waals surface area contributed by atoms with Gasteiger partial charge in [-0.15, -0.1) is 0 Å². The molecule has 1 aliphatic rings. The van der Waals surface area contributed by atoms with Gasteiger partial charge in [0.15, 0.2) is 0 Å². The number of rotatable bonds is 6. The van der Waals surface area contributed by atoms with Crippen LogP contribution < -0.4 is 5.32 Å². The van der Waals surface area contributed by atoms with Gasteiger partial charge in [0.2, 0.25) is 0 Å². The molecule has 0 aromatic heterocycles. The first-order chi connectivity index (χ1) is 9.02. The van der Waals surface area contributed by atoms with Crippen LogP contribution in [0.3, 0.4) is 0 Å². The molecule has 1 atom stereocenters. The number of carboxylic acid groups (broad SMARTS) is 1. The third-order valence-electron chi connectivity index (χ3n) is 3.14. The molecule has 0 aromatic carbocycles. The number of hydrogen-bond acceptors (Lipinski definition) is 4. The van der Waals surface area contributed by atoms with Crippen molar-refractivity contribution in [2.24, 2.45) is 0 Å². The summed E-state index contributed by atoms with van der Waals surface area (Å²) < 4.78 is 0. The average Bonchev–Trinajstić information content (AvgIpc) is 2.36. The van der Waals surface area contributed by atoms with Gasteiger partial charge < -0.3 is 15.3 Å². The van der Waals surface area contributed by atoms with Gasteiger partial charge in [0, 0.05) is 32.2 Å². The number of nitrogens with one attached hydrogen (secondary N) is 1. The summed E-state index contributed by atoms with van der Waals surface area (Å²) in [4.78, 5) is 26.2. The van der Waals surface area contributed by atoms with Gasteiger partial charge in [-0.3, -0.25) is 9.69 Å². The maximum absolute atomic E-state index is 12.0. The fourth-order valence-corrected chi connectivity index (χ4v) is 2.56. The first-order valence-corrected chi connectivity index (χ1v) is 7.91. The van der Waals surface area contributed by atoms with E-state index in [0.29, 0.717) is 26.2 Å². The maximum Gasteiger partial charge on any atom is 0.317 e. The second kappa shape index (κ2) is 8.27. The van der Waals surface area contributed by atoms with Crippen LogP contribution in [-0.4, -0.2) is 77.7 Å². The van der Waals surface area contributed by atoms with E-state index >= 15 is 0 Å².